The lowest BCUT2D eigenvalue weighted by Gasteiger charge is -2.33. The van der Waals surface area contributed by atoms with Crippen LogP contribution in [0.2, 0.25) is 0 Å². The number of hydrogen-bond donors (Lipinski definition) is 1. The molecule has 1 unspecified atom stereocenters. The van der Waals surface area contributed by atoms with Crippen molar-refractivity contribution < 1.29 is 4.74 Å². The molecule has 20 heavy (non-hydrogen) atoms. The number of nitrogens with zero attached hydrogens (tertiary/aromatic N) is 2. The van der Waals surface area contributed by atoms with Crippen molar-refractivity contribution in [3.05, 3.63) is 23.9 Å². The van der Waals surface area contributed by atoms with Crippen LogP contribution in [0.4, 0.5) is 5.82 Å². The Morgan fingerprint density at radius 3 is 2.60 bits per heavy atom. The minimum Gasteiger partial charge on any atom is -0.383 e. The number of ether oxygens (including phenoxy) is 1. The number of pyridine rings is 1. The first-order chi connectivity index (χ1) is 9.63. The van der Waals surface area contributed by atoms with Gasteiger partial charge in [0.25, 0.3) is 0 Å². The molecular weight excluding hydrogens is 250 g/mol. The molecule has 4 heteroatoms. The summed E-state index contributed by atoms with van der Waals surface area (Å²) >= 11 is 0. The molecule has 1 rings (SSSR count). The van der Waals surface area contributed by atoms with Gasteiger partial charge in [0.1, 0.15) is 5.82 Å². The normalized spacial score (nSPS) is 12.7. The van der Waals surface area contributed by atoms with Gasteiger partial charge in [-0.05, 0) is 37.8 Å². The molecule has 1 atom stereocenters. The largest absolute Gasteiger partial charge is 0.383 e. The van der Waals surface area contributed by atoms with E-state index in [9.17, 15) is 0 Å². The zero-order valence-electron chi connectivity index (χ0n) is 13.3. The van der Waals surface area contributed by atoms with Gasteiger partial charge >= 0.3 is 0 Å². The summed E-state index contributed by atoms with van der Waals surface area (Å²) < 4.78 is 5.26. The third-order valence-corrected chi connectivity index (χ3v) is 3.60. The van der Waals surface area contributed by atoms with Crippen LogP contribution < -0.4 is 10.6 Å². The number of rotatable bonds is 9. The molecule has 4 nitrogen and oxygen atoms in total. The van der Waals surface area contributed by atoms with Crippen molar-refractivity contribution in [3.8, 4) is 0 Å². The van der Waals surface area contributed by atoms with Crippen LogP contribution in [0, 0.1) is 0 Å². The Hall–Kier alpha value is -1.13. The molecule has 0 aliphatic heterocycles. The minimum absolute atomic E-state index is 0.143. The summed E-state index contributed by atoms with van der Waals surface area (Å²) in [5, 5.41) is 0. The van der Waals surface area contributed by atoms with Gasteiger partial charge in [-0.15, -0.1) is 0 Å². The van der Waals surface area contributed by atoms with Crippen molar-refractivity contribution in [2.75, 3.05) is 25.2 Å². The van der Waals surface area contributed by atoms with Crippen LogP contribution in [0.15, 0.2) is 18.3 Å². The lowest BCUT2D eigenvalue weighted by molar-refractivity contribution is 0.202. The smallest absolute Gasteiger partial charge is 0.132 e. The average Bonchev–Trinajstić information content (AvgIpc) is 2.44. The fourth-order valence-corrected chi connectivity index (χ4v) is 2.58. The second-order valence-corrected chi connectivity index (χ2v) is 5.32. The van der Waals surface area contributed by atoms with Gasteiger partial charge < -0.3 is 15.4 Å². The van der Waals surface area contributed by atoms with Crippen molar-refractivity contribution >= 4 is 5.82 Å². The number of anilines is 1. The van der Waals surface area contributed by atoms with Gasteiger partial charge in [-0.25, -0.2) is 4.98 Å². The highest BCUT2D eigenvalue weighted by Gasteiger charge is 2.19. The van der Waals surface area contributed by atoms with E-state index in [1.165, 1.54) is 5.56 Å². The first-order valence-electron chi connectivity index (χ1n) is 7.59. The van der Waals surface area contributed by atoms with Crippen LogP contribution in [-0.4, -0.2) is 37.3 Å². The molecule has 0 bridgehead atoms. The van der Waals surface area contributed by atoms with Crippen molar-refractivity contribution in [3.63, 3.8) is 0 Å². The zero-order valence-corrected chi connectivity index (χ0v) is 13.3. The van der Waals surface area contributed by atoms with E-state index in [0.717, 1.165) is 31.6 Å². The third kappa shape index (κ3) is 4.76. The summed E-state index contributed by atoms with van der Waals surface area (Å²) in [5.41, 5.74) is 7.19. The van der Waals surface area contributed by atoms with E-state index in [1.807, 2.05) is 19.2 Å². The lowest BCUT2D eigenvalue weighted by Crippen LogP contribution is -2.38. The van der Waals surface area contributed by atoms with E-state index < -0.39 is 0 Å². The van der Waals surface area contributed by atoms with Gasteiger partial charge in [0, 0.05) is 31.9 Å². The Labute approximate surface area is 123 Å². The second kappa shape index (κ2) is 8.93. The number of nitrogens with two attached hydrogens (primary N) is 1. The molecule has 114 valence electrons. The lowest BCUT2D eigenvalue weighted by atomic mass is 10.1. The fourth-order valence-electron chi connectivity index (χ4n) is 2.58. The molecule has 0 spiro atoms. The molecule has 1 aromatic heterocycles. The summed E-state index contributed by atoms with van der Waals surface area (Å²) in [6.45, 7) is 8.06. The Kier molecular flexibility index (Phi) is 7.55. The molecular formula is C16H29N3O. The second-order valence-electron chi connectivity index (χ2n) is 5.32. The van der Waals surface area contributed by atoms with E-state index >= 15 is 0 Å². The van der Waals surface area contributed by atoms with Crippen LogP contribution in [0.25, 0.3) is 0 Å². The molecule has 1 aromatic rings. The average molecular weight is 279 g/mol. The van der Waals surface area contributed by atoms with Gasteiger partial charge in [-0.1, -0.05) is 19.9 Å². The Bertz CT molecular complexity index is 378. The molecule has 0 saturated heterocycles. The zero-order chi connectivity index (χ0) is 15.0. The standard InChI is InChI=1S/C16H29N3O/c1-5-15(6-2)19(10-11-20-4)16-14(12-13(3)17)8-7-9-18-16/h7-9,13,15H,5-6,10-12,17H2,1-4H3. The predicted octanol–water partition coefficient (Wildman–Crippen LogP) is 2.61. The van der Waals surface area contributed by atoms with Gasteiger partial charge in [0.2, 0.25) is 0 Å². The van der Waals surface area contributed by atoms with Crippen LogP contribution in [0.1, 0.15) is 39.2 Å². The predicted molar refractivity (Wildman–Crippen MR) is 85.2 cm³/mol. The minimum atomic E-state index is 0.143. The summed E-state index contributed by atoms with van der Waals surface area (Å²) in [5.74, 6) is 1.07. The summed E-state index contributed by atoms with van der Waals surface area (Å²) in [7, 11) is 1.74. The topological polar surface area (TPSA) is 51.4 Å². The highest BCUT2D eigenvalue weighted by Crippen LogP contribution is 2.23. The van der Waals surface area contributed by atoms with Crippen molar-refractivity contribution in [2.24, 2.45) is 5.73 Å². The molecule has 2 N–H and O–H groups in total. The SMILES string of the molecule is CCC(CC)N(CCOC)c1ncccc1CC(C)N. The molecule has 0 aromatic carbocycles. The van der Waals surface area contributed by atoms with Crippen LogP contribution >= 0.6 is 0 Å². The van der Waals surface area contributed by atoms with Crippen LogP contribution in [0.3, 0.4) is 0 Å². The van der Waals surface area contributed by atoms with Gasteiger partial charge in [0.15, 0.2) is 0 Å². The van der Waals surface area contributed by atoms with Gasteiger partial charge in [0.05, 0.1) is 6.61 Å². The number of methoxy groups -OCH3 is 1. The van der Waals surface area contributed by atoms with E-state index in [-0.39, 0.29) is 6.04 Å². The maximum atomic E-state index is 5.96. The van der Waals surface area contributed by atoms with E-state index in [4.69, 9.17) is 10.5 Å². The quantitative estimate of drug-likeness (QED) is 0.755. The molecule has 0 amide bonds. The van der Waals surface area contributed by atoms with Gasteiger partial charge in [-0.2, -0.15) is 0 Å². The van der Waals surface area contributed by atoms with Crippen LogP contribution in [0.5, 0.6) is 0 Å². The molecule has 0 aliphatic rings. The third-order valence-electron chi connectivity index (χ3n) is 3.60. The van der Waals surface area contributed by atoms with Crippen molar-refractivity contribution in [2.45, 2.75) is 52.1 Å². The first-order valence-corrected chi connectivity index (χ1v) is 7.59. The molecule has 1 heterocycles. The van der Waals surface area contributed by atoms with Crippen molar-refractivity contribution in [1.82, 2.24) is 4.98 Å². The summed E-state index contributed by atoms with van der Waals surface area (Å²) in [6.07, 6.45) is 4.93. The van der Waals surface area contributed by atoms with Crippen molar-refractivity contribution in [1.29, 1.82) is 0 Å². The molecule has 0 aliphatic carbocycles. The van der Waals surface area contributed by atoms with Gasteiger partial charge in [-0.3, -0.25) is 0 Å². The Morgan fingerprint density at radius 1 is 1.35 bits per heavy atom. The summed E-state index contributed by atoms with van der Waals surface area (Å²) in [6, 6.07) is 4.76. The summed E-state index contributed by atoms with van der Waals surface area (Å²) in [4.78, 5) is 6.99. The Balaban J connectivity index is 3.05. The molecule has 0 fully saturated rings. The molecule has 0 radical (unpaired) electrons. The van der Waals surface area contributed by atoms with E-state index in [1.54, 1.807) is 7.11 Å². The molecule has 0 saturated carbocycles. The first kappa shape index (κ1) is 16.9. The number of hydrogen-bond acceptors (Lipinski definition) is 4. The maximum absolute atomic E-state index is 5.96. The Morgan fingerprint density at radius 2 is 2.05 bits per heavy atom. The highest BCUT2D eigenvalue weighted by molar-refractivity contribution is 5.48. The highest BCUT2D eigenvalue weighted by atomic mass is 16.5. The van der Waals surface area contributed by atoms with E-state index in [0.29, 0.717) is 12.6 Å². The fraction of sp³-hybridized carbons (Fsp3) is 0.688. The van der Waals surface area contributed by atoms with E-state index in [2.05, 4.69) is 29.8 Å². The number of aromatic nitrogens is 1. The maximum Gasteiger partial charge on any atom is 0.132 e. The monoisotopic (exact) mass is 279 g/mol. The van der Waals surface area contributed by atoms with Crippen LogP contribution in [-0.2, 0) is 11.2 Å².